The van der Waals surface area contributed by atoms with Gasteiger partial charge in [0.25, 0.3) is 0 Å². The minimum Gasteiger partial charge on any atom is -0.312 e. The van der Waals surface area contributed by atoms with Crippen molar-refractivity contribution in [1.29, 1.82) is 0 Å². The average molecular weight is 287 g/mol. The van der Waals surface area contributed by atoms with Gasteiger partial charge in [-0.05, 0) is 32.3 Å². The molecule has 0 spiro atoms. The first-order chi connectivity index (χ1) is 8.72. The van der Waals surface area contributed by atoms with Crippen LogP contribution < -0.4 is 0 Å². The third-order valence-electron chi connectivity index (χ3n) is 3.03. The van der Waals surface area contributed by atoms with Gasteiger partial charge in [-0.15, -0.1) is 11.6 Å². The van der Waals surface area contributed by atoms with Crippen LogP contribution in [0, 0.1) is 6.92 Å². The smallest absolute Gasteiger partial charge is 0.158 e. The van der Waals surface area contributed by atoms with Crippen LogP contribution in [0.1, 0.15) is 24.9 Å². The fourth-order valence-electron chi connectivity index (χ4n) is 2.19. The van der Waals surface area contributed by atoms with E-state index >= 15 is 0 Å². The Kier molecular flexibility index (Phi) is 4.56. The van der Waals surface area contributed by atoms with Crippen LogP contribution in [0.5, 0.6) is 0 Å². The lowest BCUT2D eigenvalue weighted by Gasteiger charge is -2.08. The standard InChI is InChI=1S/C12H19ClN4S/c1-4-17-12-11(9(2)15-17)14-10(8-13)16(12)6-5-7-18-3/h4-8H2,1-3H3. The van der Waals surface area contributed by atoms with Crippen molar-refractivity contribution in [1.82, 2.24) is 19.3 Å². The lowest BCUT2D eigenvalue weighted by atomic mass is 10.4. The molecule has 0 bridgehead atoms. The van der Waals surface area contributed by atoms with Gasteiger partial charge in [-0.25, -0.2) is 9.67 Å². The van der Waals surface area contributed by atoms with Crippen LogP contribution in [0.4, 0.5) is 0 Å². The molecule has 0 aromatic carbocycles. The van der Waals surface area contributed by atoms with Gasteiger partial charge >= 0.3 is 0 Å². The SMILES string of the molecule is CCn1nc(C)c2nc(CCl)n(CCCSC)c21. The summed E-state index contributed by atoms with van der Waals surface area (Å²) >= 11 is 7.87. The molecule has 0 radical (unpaired) electrons. The Labute approximate surface area is 117 Å². The molecule has 0 aliphatic carbocycles. The van der Waals surface area contributed by atoms with Gasteiger partial charge in [0.15, 0.2) is 5.65 Å². The van der Waals surface area contributed by atoms with Crippen LogP contribution in [0.25, 0.3) is 11.2 Å². The second-order valence-electron chi connectivity index (χ2n) is 4.23. The topological polar surface area (TPSA) is 35.6 Å². The maximum Gasteiger partial charge on any atom is 0.158 e. The molecule has 2 aromatic heterocycles. The molecule has 0 amide bonds. The first-order valence-electron chi connectivity index (χ1n) is 6.20. The third-order valence-corrected chi connectivity index (χ3v) is 3.96. The first kappa shape index (κ1) is 13.7. The Balaban J connectivity index is 2.45. The van der Waals surface area contributed by atoms with Crippen LogP contribution in [-0.2, 0) is 19.0 Å². The summed E-state index contributed by atoms with van der Waals surface area (Å²) in [6, 6.07) is 0. The van der Waals surface area contributed by atoms with Crippen molar-refractivity contribution >= 4 is 34.5 Å². The van der Waals surface area contributed by atoms with Gasteiger partial charge < -0.3 is 4.57 Å². The first-order valence-corrected chi connectivity index (χ1v) is 8.13. The fraction of sp³-hybridized carbons (Fsp3) is 0.667. The van der Waals surface area contributed by atoms with Crippen molar-refractivity contribution in [3.05, 3.63) is 11.5 Å². The van der Waals surface area contributed by atoms with Crippen molar-refractivity contribution in [2.45, 2.75) is 39.2 Å². The zero-order valence-corrected chi connectivity index (χ0v) is 12.7. The summed E-state index contributed by atoms with van der Waals surface area (Å²) in [4.78, 5) is 4.62. The van der Waals surface area contributed by atoms with E-state index in [-0.39, 0.29) is 0 Å². The highest BCUT2D eigenvalue weighted by atomic mass is 35.5. The lowest BCUT2D eigenvalue weighted by molar-refractivity contribution is 0.612. The maximum atomic E-state index is 6.00. The summed E-state index contributed by atoms with van der Waals surface area (Å²) in [6.45, 7) is 5.93. The highest BCUT2D eigenvalue weighted by molar-refractivity contribution is 7.98. The summed E-state index contributed by atoms with van der Waals surface area (Å²) in [6.07, 6.45) is 3.26. The molecule has 2 aromatic rings. The molecule has 100 valence electrons. The van der Waals surface area contributed by atoms with Crippen molar-refractivity contribution < 1.29 is 0 Å². The van der Waals surface area contributed by atoms with Gasteiger partial charge in [-0.2, -0.15) is 16.9 Å². The number of hydrogen-bond acceptors (Lipinski definition) is 3. The van der Waals surface area contributed by atoms with Gasteiger partial charge in [0.1, 0.15) is 11.3 Å². The van der Waals surface area contributed by atoms with E-state index < -0.39 is 0 Å². The minimum absolute atomic E-state index is 0.455. The molecule has 0 unspecified atom stereocenters. The second kappa shape index (κ2) is 5.97. The van der Waals surface area contributed by atoms with Gasteiger partial charge in [0, 0.05) is 13.1 Å². The third kappa shape index (κ3) is 2.38. The number of aryl methyl sites for hydroxylation is 3. The normalized spacial score (nSPS) is 11.6. The van der Waals surface area contributed by atoms with E-state index in [2.05, 4.69) is 27.8 Å². The maximum absolute atomic E-state index is 6.00. The molecule has 4 nitrogen and oxygen atoms in total. The lowest BCUT2D eigenvalue weighted by Crippen LogP contribution is -2.08. The molecule has 2 heterocycles. The monoisotopic (exact) mass is 286 g/mol. The largest absolute Gasteiger partial charge is 0.312 e. The average Bonchev–Trinajstić information content (AvgIpc) is 2.88. The van der Waals surface area contributed by atoms with Crippen LogP contribution >= 0.6 is 23.4 Å². The van der Waals surface area contributed by atoms with Crippen LogP contribution in [0.2, 0.25) is 0 Å². The van der Waals surface area contributed by atoms with E-state index in [0.29, 0.717) is 5.88 Å². The molecule has 0 saturated carbocycles. The molecular weight excluding hydrogens is 268 g/mol. The van der Waals surface area contributed by atoms with Gasteiger partial charge in [0.2, 0.25) is 0 Å². The summed E-state index contributed by atoms with van der Waals surface area (Å²) in [5.41, 5.74) is 3.10. The zero-order chi connectivity index (χ0) is 13.1. The Morgan fingerprint density at radius 1 is 1.39 bits per heavy atom. The Bertz CT molecular complexity index is 532. The number of imidazole rings is 1. The predicted molar refractivity (Wildman–Crippen MR) is 78.5 cm³/mol. The highest BCUT2D eigenvalue weighted by Crippen LogP contribution is 2.21. The van der Waals surface area contributed by atoms with E-state index in [1.54, 1.807) is 0 Å². The number of thioether (sulfide) groups is 1. The molecule has 2 rings (SSSR count). The number of nitrogens with zero attached hydrogens (tertiary/aromatic N) is 4. The van der Waals surface area contributed by atoms with Crippen LogP contribution in [0.3, 0.4) is 0 Å². The molecule has 0 aliphatic rings. The van der Waals surface area contributed by atoms with E-state index in [1.165, 1.54) is 0 Å². The summed E-state index contributed by atoms with van der Waals surface area (Å²) in [7, 11) is 0. The van der Waals surface area contributed by atoms with E-state index in [1.807, 2.05) is 23.4 Å². The van der Waals surface area contributed by atoms with Crippen molar-refractivity contribution in [3.63, 3.8) is 0 Å². The zero-order valence-electron chi connectivity index (χ0n) is 11.1. The number of alkyl halides is 1. The number of hydrogen-bond donors (Lipinski definition) is 0. The molecule has 18 heavy (non-hydrogen) atoms. The van der Waals surface area contributed by atoms with Crippen molar-refractivity contribution in [2.75, 3.05) is 12.0 Å². The van der Waals surface area contributed by atoms with Crippen LogP contribution in [0.15, 0.2) is 0 Å². The Morgan fingerprint density at radius 2 is 2.17 bits per heavy atom. The molecule has 0 saturated heterocycles. The second-order valence-corrected chi connectivity index (χ2v) is 5.49. The Hall–Kier alpha value is -0.680. The predicted octanol–water partition coefficient (Wildman–Crippen LogP) is 3.05. The number of halogens is 1. The molecular formula is C12H19ClN4S. The van der Waals surface area contributed by atoms with Gasteiger partial charge in [0.05, 0.1) is 11.6 Å². The van der Waals surface area contributed by atoms with Gasteiger partial charge in [-0.1, -0.05) is 0 Å². The molecule has 0 N–H and O–H groups in total. The van der Waals surface area contributed by atoms with Crippen molar-refractivity contribution in [2.24, 2.45) is 0 Å². The summed E-state index contributed by atoms with van der Waals surface area (Å²) in [5, 5.41) is 4.52. The number of fused-ring (bicyclic) bond motifs is 1. The van der Waals surface area contributed by atoms with Crippen molar-refractivity contribution in [3.8, 4) is 0 Å². The Morgan fingerprint density at radius 3 is 2.78 bits per heavy atom. The molecule has 6 heteroatoms. The number of rotatable bonds is 6. The molecule has 0 fully saturated rings. The summed E-state index contributed by atoms with van der Waals surface area (Å²) in [5.74, 6) is 2.56. The molecule has 0 aliphatic heterocycles. The quantitative estimate of drug-likeness (QED) is 0.605. The number of aromatic nitrogens is 4. The fourth-order valence-corrected chi connectivity index (χ4v) is 2.82. The van der Waals surface area contributed by atoms with Crippen LogP contribution in [-0.4, -0.2) is 31.3 Å². The van der Waals surface area contributed by atoms with E-state index in [9.17, 15) is 0 Å². The highest BCUT2D eigenvalue weighted by Gasteiger charge is 2.17. The van der Waals surface area contributed by atoms with E-state index in [0.717, 1.165) is 47.9 Å². The van der Waals surface area contributed by atoms with Gasteiger partial charge in [-0.3, -0.25) is 0 Å². The molecule has 0 atom stereocenters. The minimum atomic E-state index is 0.455. The van der Waals surface area contributed by atoms with E-state index in [4.69, 9.17) is 11.6 Å². The summed E-state index contributed by atoms with van der Waals surface area (Å²) < 4.78 is 4.24.